The van der Waals surface area contributed by atoms with Crippen LogP contribution in [-0.4, -0.2) is 64.6 Å². The van der Waals surface area contributed by atoms with Crippen LogP contribution in [0, 0.1) is 5.92 Å². The van der Waals surface area contributed by atoms with Crippen LogP contribution < -0.4 is 5.32 Å². The number of hydrogen-bond acceptors (Lipinski definition) is 4. The molecule has 0 bridgehead atoms. The van der Waals surface area contributed by atoms with E-state index in [1.54, 1.807) is 14.2 Å². The van der Waals surface area contributed by atoms with Crippen LogP contribution in [0.15, 0.2) is 0 Å². The minimum atomic E-state index is 0.700. The van der Waals surface area contributed by atoms with Gasteiger partial charge in [-0.2, -0.15) is 0 Å². The van der Waals surface area contributed by atoms with Gasteiger partial charge in [0.1, 0.15) is 0 Å². The van der Waals surface area contributed by atoms with Crippen LogP contribution in [0.5, 0.6) is 0 Å². The van der Waals surface area contributed by atoms with Crippen molar-refractivity contribution in [3.63, 3.8) is 0 Å². The Balaban J connectivity index is 2.43. The molecule has 114 valence electrons. The van der Waals surface area contributed by atoms with Gasteiger partial charge in [-0.25, -0.2) is 0 Å². The highest BCUT2D eigenvalue weighted by Crippen LogP contribution is 2.25. The van der Waals surface area contributed by atoms with E-state index in [0.29, 0.717) is 6.04 Å². The Labute approximate surface area is 118 Å². The highest BCUT2D eigenvalue weighted by molar-refractivity contribution is 4.83. The second-order valence-corrected chi connectivity index (χ2v) is 5.49. The Bertz CT molecular complexity index is 204. The molecule has 2 atom stereocenters. The molecule has 0 aliphatic heterocycles. The summed E-state index contributed by atoms with van der Waals surface area (Å²) in [6.07, 6.45) is 5.45. The Morgan fingerprint density at radius 3 is 2.26 bits per heavy atom. The second kappa shape index (κ2) is 10.6. The highest BCUT2D eigenvalue weighted by atomic mass is 16.5. The molecular formula is C15H32N2O2. The first kappa shape index (κ1) is 16.9. The fraction of sp³-hybridized carbons (Fsp3) is 1.00. The first-order valence-electron chi connectivity index (χ1n) is 7.75. The highest BCUT2D eigenvalue weighted by Gasteiger charge is 2.25. The molecule has 0 radical (unpaired) electrons. The second-order valence-electron chi connectivity index (χ2n) is 5.49. The molecule has 2 unspecified atom stereocenters. The topological polar surface area (TPSA) is 33.7 Å². The van der Waals surface area contributed by atoms with Crippen molar-refractivity contribution in [2.24, 2.45) is 5.92 Å². The summed E-state index contributed by atoms with van der Waals surface area (Å²) in [6.45, 7) is 8.09. The number of ether oxygens (including phenoxy) is 2. The largest absolute Gasteiger partial charge is 0.383 e. The van der Waals surface area contributed by atoms with Gasteiger partial charge in [0.25, 0.3) is 0 Å². The van der Waals surface area contributed by atoms with Gasteiger partial charge in [0.15, 0.2) is 0 Å². The number of rotatable bonds is 10. The minimum absolute atomic E-state index is 0.700. The lowest BCUT2D eigenvalue weighted by molar-refractivity contribution is 0.0910. The zero-order valence-corrected chi connectivity index (χ0v) is 13.0. The van der Waals surface area contributed by atoms with Gasteiger partial charge >= 0.3 is 0 Å². The van der Waals surface area contributed by atoms with E-state index in [9.17, 15) is 0 Å². The lowest BCUT2D eigenvalue weighted by Gasteiger charge is -2.36. The number of nitrogens with one attached hydrogen (secondary N) is 1. The van der Waals surface area contributed by atoms with Gasteiger partial charge in [-0.05, 0) is 25.3 Å². The zero-order chi connectivity index (χ0) is 13.9. The van der Waals surface area contributed by atoms with Crippen LogP contribution in [-0.2, 0) is 9.47 Å². The van der Waals surface area contributed by atoms with E-state index in [4.69, 9.17) is 9.47 Å². The minimum Gasteiger partial charge on any atom is -0.383 e. The Kier molecular flexibility index (Phi) is 9.43. The molecular weight excluding hydrogens is 240 g/mol. The summed E-state index contributed by atoms with van der Waals surface area (Å²) in [5.41, 5.74) is 0. The van der Waals surface area contributed by atoms with E-state index in [1.807, 2.05) is 0 Å². The summed E-state index contributed by atoms with van der Waals surface area (Å²) < 4.78 is 10.4. The van der Waals surface area contributed by atoms with Gasteiger partial charge in [-0.1, -0.05) is 19.8 Å². The fourth-order valence-electron chi connectivity index (χ4n) is 3.02. The normalized spacial score (nSPS) is 24.0. The van der Waals surface area contributed by atoms with E-state index in [-0.39, 0.29) is 0 Å². The molecule has 0 heterocycles. The molecule has 1 rings (SSSR count). The molecule has 0 saturated heterocycles. The van der Waals surface area contributed by atoms with Crippen molar-refractivity contribution < 1.29 is 9.47 Å². The van der Waals surface area contributed by atoms with Crippen molar-refractivity contribution in [3.8, 4) is 0 Å². The van der Waals surface area contributed by atoms with Gasteiger partial charge in [0, 0.05) is 39.9 Å². The van der Waals surface area contributed by atoms with E-state index in [1.165, 1.54) is 32.2 Å². The number of methoxy groups -OCH3 is 2. The van der Waals surface area contributed by atoms with Crippen LogP contribution in [0.3, 0.4) is 0 Å². The maximum absolute atomic E-state index is 5.22. The Morgan fingerprint density at radius 1 is 1.05 bits per heavy atom. The maximum Gasteiger partial charge on any atom is 0.0589 e. The van der Waals surface area contributed by atoms with Gasteiger partial charge in [-0.15, -0.1) is 0 Å². The number of nitrogens with zero attached hydrogens (tertiary/aromatic N) is 1. The van der Waals surface area contributed by atoms with Gasteiger partial charge in [0.05, 0.1) is 13.2 Å². The molecule has 4 nitrogen and oxygen atoms in total. The van der Waals surface area contributed by atoms with Crippen molar-refractivity contribution in [1.29, 1.82) is 0 Å². The van der Waals surface area contributed by atoms with Crippen LogP contribution in [0.4, 0.5) is 0 Å². The average molecular weight is 272 g/mol. The SMILES string of the molecule is CCNC1CCCCC1CN(CCOC)CCOC. The summed E-state index contributed by atoms with van der Waals surface area (Å²) in [5.74, 6) is 0.780. The standard InChI is InChI=1S/C15H32N2O2/c1-4-16-15-8-6-5-7-14(15)13-17(9-11-18-2)10-12-19-3/h14-16H,4-13H2,1-3H3. The molecule has 0 aromatic carbocycles. The fourth-order valence-corrected chi connectivity index (χ4v) is 3.02. The first-order chi connectivity index (χ1) is 9.31. The van der Waals surface area contributed by atoms with Crippen LogP contribution >= 0.6 is 0 Å². The molecule has 1 N–H and O–H groups in total. The number of hydrogen-bond donors (Lipinski definition) is 1. The van der Waals surface area contributed by atoms with Crippen molar-refractivity contribution in [2.45, 2.75) is 38.6 Å². The molecule has 0 amide bonds. The van der Waals surface area contributed by atoms with E-state index < -0.39 is 0 Å². The third-order valence-corrected chi connectivity index (χ3v) is 4.09. The van der Waals surface area contributed by atoms with Gasteiger partial charge in [-0.3, -0.25) is 4.90 Å². The lowest BCUT2D eigenvalue weighted by Crippen LogP contribution is -2.45. The molecule has 1 aliphatic rings. The first-order valence-corrected chi connectivity index (χ1v) is 7.75. The maximum atomic E-state index is 5.22. The average Bonchev–Trinajstić information content (AvgIpc) is 2.44. The van der Waals surface area contributed by atoms with Crippen molar-refractivity contribution in [2.75, 3.05) is 53.6 Å². The monoisotopic (exact) mass is 272 g/mol. The molecule has 1 aliphatic carbocycles. The van der Waals surface area contributed by atoms with Gasteiger partial charge < -0.3 is 14.8 Å². The smallest absolute Gasteiger partial charge is 0.0589 e. The quantitative estimate of drug-likeness (QED) is 0.657. The van der Waals surface area contributed by atoms with E-state index in [2.05, 4.69) is 17.1 Å². The Morgan fingerprint density at radius 2 is 1.68 bits per heavy atom. The molecule has 0 aromatic heterocycles. The van der Waals surface area contributed by atoms with Crippen molar-refractivity contribution >= 4 is 0 Å². The van der Waals surface area contributed by atoms with Crippen LogP contribution in [0.1, 0.15) is 32.6 Å². The third-order valence-electron chi connectivity index (χ3n) is 4.09. The van der Waals surface area contributed by atoms with E-state index >= 15 is 0 Å². The van der Waals surface area contributed by atoms with Crippen molar-refractivity contribution in [3.05, 3.63) is 0 Å². The molecule has 0 spiro atoms. The molecule has 1 saturated carbocycles. The summed E-state index contributed by atoms with van der Waals surface area (Å²) in [7, 11) is 3.55. The summed E-state index contributed by atoms with van der Waals surface area (Å²) in [4.78, 5) is 2.49. The summed E-state index contributed by atoms with van der Waals surface area (Å²) in [6, 6.07) is 0.700. The molecule has 1 fully saturated rings. The molecule has 4 heteroatoms. The van der Waals surface area contributed by atoms with Crippen LogP contribution in [0.25, 0.3) is 0 Å². The molecule has 19 heavy (non-hydrogen) atoms. The predicted octanol–water partition coefficient (Wildman–Crippen LogP) is 1.75. The molecule has 0 aromatic rings. The van der Waals surface area contributed by atoms with Crippen LogP contribution in [0.2, 0.25) is 0 Å². The predicted molar refractivity (Wildman–Crippen MR) is 79.6 cm³/mol. The summed E-state index contributed by atoms with van der Waals surface area (Å²) in [5, 5.41) is 3.66. The Hall–Kier alpha value is -0.160. The zero-order valence-electron chi connectivity index (χ0n) is 13.0. The van der Waals surface area contributed by atoms with Gasteiger partial charge in [0.2, 0.25) is 0 Å². The van der Waals surface area contributed by atoms with Crippen molar-refractivity contribution in [1.82, 2.24) is 10.2 Å². The summed E-state index contributed by atoms with van der Waals surface area (Å²) >= 11 is 0. The lowest BCUT2D eigenvalue weighted by atomic mass is 9.84. The van der Waals surface area contributed by atoms with E-state index in [0.717, 1.165) is 38.8 Å². The third kappa shape index (κ3) is 6.70.